The number of anilines is 1. The van der Waals surface area contributed by atoms with Crippen molar-refractivity contribution in [1.82, 2.24) is 19.7 Å². The number of aryl methyl sites for hydroxylation is 1. The van der Waals surface area contributed by atoms with Crippen molar-refractivity contribution in [1.29, 1.82) is 0 Å². The molecule has 4 aromatic rings. The molecule has 0 fully saturated rings. The van der Waals surface area contributed by atoms with Gasteiger partial charge in [0.25, 0.3) is 0 Å². The van der Waals surface area contributed by atoms with E-state index in [4.69, 9.17) is 0 Å². The quantitative estimate of drug-likeness (QED) is 0.425. The Morgan fingerprint density at radius 3 is 2.47 bits per heavy atom. The van der Waals surface area contributed by atoms with Crippen LogP contribution in [0.5, 0.6) is 0 Å². The summed E-state index contributed by atoms with van der Waals surface area (Å²) in [6.07, 6.45) is 0.655. The molecule has 1 N–H and O–H groups in total. The number of hydrogen-bond donors (Lipinski definition) is 1. The van der Waals surface area contributed by atoms with Gasteiger partial charge < -0.3 is 5.32 Å². The predicted octanol–water partition coefficient (Wildman–Crippen LogP) is 4.74. The monoisotopic (exact) mass is 435 g/mol. The van der Waals surface area contributed by atoms with E-state index in [-0.39, 0.29) is 11.2 Å². The van der Waals surface area contributed by atoms with Crippen molar-refractivity contribution in [3.8, 4) is 5.69 Å². The number of aromatic nitrogens is 4. The molecule has 2 heterocycles. The molecule has 0 radical (unpaired) electrons. The van der Waals surface area contributed by atoms with Crippen LogP contribution in [0.4, 0.5) is 5.13 Å². The Bertz CT molecular complexity index is 1120. The summed E-state index contributed by atoms with van der Waals surface area (Å²) in [6.45, 7) is 3.77. The van der Waals surface area contributed by atoms with E-state index < -0.39 is 0 Å². The van der Waals surface area contributed by atoms with Crippen molar-refractivity contribution in [2.24, 2.45) is 0 Å². The van der Waals surface area contributed by atoms with Crippen LogP contribution in [0, 0.1) is 6.92 Å². The van der Waals surface area contributed by atoms with Crippen molar-refractivity contribution >= 4 is 34.1 Å². The number of amides is 1. The summed E-state index contributed by atoms with van der Waals surface area (Å²) in [5, 5.41) is 14.6. The van der Waals surface area contributed by atoms with Gasteiger partial charge in [-0.1, -0.05) is 60.3 Å². The number of benzene rings is 2. The molecule has 1 atom stereocenters. The second-order valence-electron chi connectivity index (χ2n) is 6.78. The van der Waals surface area contributed by atoms with Gasteiger partial charge in [-0.2, -0.15) is 0 Å². The van der Waals surface area contributed by atoms with Gasteiger partial charge in [-0.05, 0) is 31.5 Å². The minimum atomic E-state index is -0.356. The molecule has 8 heteroatoms. The fourth-order valence-electron chi connectivity index (χ4n) is 2.94. The Hall–Kier alpha value is -2.97. The average Bonchev–Trinajstić information content (AvgIpc) is 3.35. The number of thiazole rings is 1. The summed E-state index contributed by atoms with van der Waals surface area (Å²) < 4.78 is 2.02. The molecule has 0 unspecified atom stereocenters. The van der Waals surface area contributed by atoms with Gasteiger partial charge in [0.05, 0.1) is 10.9 Å². The maximum Gasteiger partial charge on any atom is 0.239 e. The number of thioether (sulfide) groups is 1. The first kappa shape index (κ1) is 20.3. The van der Waals surface area contributed by atoms with Gasteiger partial charge in [-0.25, -0.2) is 4.98 Å². The number of rotatable bonds is 7. The van der Waals surface area contributed by atoms with Crippen LogP contribution in [0.2, 0.25) is 0 Å². The molecule has 0 saturated carbocycles. The lowest BCUT2D eigenvalue weighted by atomic mass is 10.1. The number of nitrogens with zero attached hydrogens (tertiary/aromatic N) is 4. The highest BCUT2D eigenvalue weighted by Gasteiger charge is 2.22. The average molecular weight is 436 g/mol. The molecule has 152 valence electrons. The van der Waals surface area contributed by atoms with Crippen LogP contribution in [-0.4, -0.2) is 30.9 Å². The number of nitrogens with one attached hydrogen (secondary N) is 1. The highest BCUT2D eigenvalue weighted by molar-refractivity contribution is 8.00. The van der Waals surface area contributed by atoms with Gasteiger partial charge in [0, 0.05) is 17.5 Å². The molecule has 2 aromatic carbocycles. The van der Waals surface area contributed by atoms with E-state index in [1.807, 2.05) is 72.3 Å². The normalized spacial score (nSPS) is 11.9. The molecule has 4 rings (SSSR count). The summed E-state index contributed by atoms with van der Waals surface area (Å²) >= 11 is 2.81. The molecule has 6 nitrogen and oxygen atoms in total. The fraction of sp³-hybridized carbons (Fsp3) is 0.182. The number of hydrogen-bond acceptors (Lipinski definition) is 6. The lowest BCUT2D eigenvalue weighted by Gasteiger charge is -2.13. The lowest BCUT2D eigenvalue weighted by molar-refractivity contribution is -0.115. The van der Waals surface area contributed by atoms with Gasteiger partial charge in [0.2, 0.25) is 5.91 Å². The molecule has 0 aliphatic heterocycles. The van der Waals surface area contributed by atoms with E-state index in [1.54, 1.807) is 0 Å². The number of carbonyl (C=O) groups excluding carboxylic acids is 1. The molecule has 30 heavy (non-hydrogen) atoms. The van der Waals surface area contributed by atoms with E-state index in [0.717, 1.165) is 22.8 Å². The molecule has 0 bridgehead atoms. The van der Waals surface area contributed by atoms with E-state index in [2.05, 4.69) is 32.6 Å². The van der Waals surface area contributed by atoms with Crippen molar-refractivity contribution in [2.75, 3.05) is 5.32 Å². The van der Waals surface area contributed by atoms with Crippen molar-refractivity contribution in [2.45, 2.75) is 30.7 Å². The van der Waals surface area contributed by atoms with Gasteiger partial charge >= 0.3 is 0 Å². The Balaban J connectivity index is 1.58. The van der Waals surface area contributed by atoms with E-state index in [9.17, 15) is 4.79 Å². The molecule has 0 saturated heterocycles. The summed E-state index contributed by atoms with van der Waals surface area (Å²) in [5.74, 6) is 0.722. The van der Waals surface area contributed by atoms with Gasteiger partial charge in [0.1, 0.15) is 5.82 Å². The standard InChI is InChI=1S/C22H21N5OS2/c1-15-14-29-21(23-15)24-20(28)16(2)30-22-26-25-19(13-17-9-5-3-6-10-17)27(22)18-11-7-4-8-12-18/h3-12,14,16H,13H2,1-2H3,(H,23,24,28)/t16-/m0/s1. The van der Waals surface area contributed by atoms with Crippen LogP contribution in [0.1, 0.15) is 24.0 Å². The van der Waals surface area contributed by atoms with Crippen LogP contribution in [-0.2, 0) is 11.2 Å². The third-order valence-electron chi connectivity index (χ3n) is 4.42. The maximum absolute atomic E-state index is 12.6. The molecule has 0 aliphatic rings. The lowest BCUT2D eigenvalue weighted by Crippen LogP contribution is -2.22. The summed E-state index contributed by atoms with van der Waals surface area (Å²) in [7, 11) is 0. The minimum absolute atomic E-state index is 0.110. The van der Waals surface area contributed by atoms with Gasteiger partial charge in [-0.15, -0.1) is 21.5 Å². The second kappa shape index (κ2) is 9.23. The Kier molecular flexibility index (Phi) is 6.25. The van der Waals surface area contributed by atoms with Gasteiger partial charge in [-0.3, -0.25) is 9.36 Å². The molecule has 0 spiro atoms. The maximum atomic E-state index is 12.6. The van der Waals surface area contributed by atoms with Crippen LogP contribution in [0.3, 0.4) is 0 Å². The van der Waals surface area contributed by atoms with Crippen molar-refractivity contribution in [3.05, 3.63) is 83.1 Å². The third kappa shape index (κ3) is 4.77. The fourth-order valence-corrected chi connectivity index (χ4v) is 4.51. The van der Waals surface area contributed by atoms with Crippen LogP contribution in [0.15, 0.2) is 71.2 Å². The largest absolute Gasteiger partial charge is 0.301 e. The van der Waals surface area contributed by atoms with Crippen LogP contribution in [0.25, 0.3) is 5.69 Å². The highest BCUT2D eigenvalue weighted by Crippen LogP contribution is 2.27. The SMILES string of the molecule is Cc1csc(NC(=O)[C@H](C)Sc2nnc(Cc3ccccc3)n2-c2ccccc2)n1. The van der Waals surface area contributed by atoms with E-state index in [1.165, 1.54) is 23.1 Å². The predicted molar refractivity (Wildman–Crippen MR) is 121 cm³/mol. The van der Waals surface area contributed by atoms with E-state index in [0.29, 0.717) is 16.7 Å². The Labute approximate surface area is 183 Å². The zero-order valence-electron chi connectivity index (χ0n) is 16.6. The summed E-state index contributed by atoms with van der Waals surface area (Å²) in [5.41, 5.74) is 3.02. The topological polar surface area (TPSA) is 72.7 Å². The van der Waals surface area contributed by atoms with Gasteiger partial charge in [0.15, 0.2) is 10.3 Å². The Morgan fingerprint density at radius 1 is 1.10 bits per heavy atom. The number of carbonyl (C=O) groups is 1. The first-order chi connectivity index (χ1) is 14.6. The molecular formula is C22H21N5OS2. The molecule has 2 aromatic heterocycles. The molecular weight excluding hydrogens is 414 g/mol. The first-order valence-corrected chi connectivity index (χ1v) is 11.3. The van der Waals surface area contributed by atoms with E-state index >= 15 is 0 Å². The Morgan fingerprint density at radius 2 is 1.80 bits per heavy atom. The second-order valence-corrected chi connectivity index (χ2v) is 8.94. The zero-order chi connectivity index (χ0) is 20.9. The molecule has 1 amide bonds. The summed E-state index contributed by atoms with van der Waals surface area (Å²) in [4.78, 5) is 16.9. The van der Waals surface area contributed by atoms with Crippen molar-refractivity contribution < 1.29 is 4.79 Å². The number of para-hydroxylation sites is 1. The minimum Gasteiger partial charge on any atom is -0.301 e. The summed E-state index contributed by atoms with van der Waals surface area (Å²) in [6, 6.07) is 20.2. The van der Waals surface area contributed by atoms with Crippen LogP contribution < -0.4 is 5.32 Å². The smallest absolute Gasteiger partial charge is 0.239 e. The molecule has 0 aliphatic carbocycles. The first-order valence-electron chi connectivity index (χ1n) is 9.53. The van der Waals surface area contributed by atoms with Crippen LogP contribution >= 0.6 is 23.1 Å². The zero-order valence-corrected chi connectivity index (χ0v) is 18.3. The third-order valence-corrected chi connectivity index (χ3v) is 6.34. The highest BCUT2D eigenvalue weighted by atomic mass is 32.2. The van der Waals surface area contributed by atoms with Crippen molar-refractivity contribution in [3.63, 3.8) is 0 Å².